The molecule has 150 valence electrons. The van der Waals surface area contributed by atoms with Gasteiger partial charge in [-0.25, -0.2) is 0 Å². The molecule has 0 spiro atoms. The highest BCUT2D eigenvalue weighted by Gasteiger charge is 2.47. The lowest BCUT2D eigenvalue weighted by Gasteiger charge is -2.22. The second-order valence-electron chi connectivity index (χ2n) is 9.63. The van der Waals surface area contributed by atoms with Crippen LogP contribution in [0.4, 0.5) is 5.69 Å². The summed E-state index contributed by atoms with van der Waals surface area (Å²) in [5.41, 5.74) is 16.2. The molecule has 0 atom stereocenters. The van der Waals surface area contributed by atoms with E-state index in [1.807, 2.05) is 13.8 Å². The zero-order chi connectivity index (χ0) is 20.4. The van der Waals surface area contributed by atoms with Gasteiger partial charge in [0, 0.05) is 33.4 Å². The summed E-state index contributed by atoms with van der Waals surface area (Å²) in [6.07, 6.45) is 6.10. The Hall–Kier alpha value is -2.52. The van der Waals surface area contributed by atoms with E-state index < -0.39 is 0 Å². The van der Waals surface area contributed by atoms with Crippen LogP contribution < -0.4 is 11.1 Å². The van der Waals surface area contributed by atoms with Crippen LogP contribution in [0.2, 0.25) is 0 Å². The molecule has 3 heteroatoms. The number of rotatable bonds is 5. The van der Waals surface area contributed by atoms with Crippen molar-refractivity contribution in [2.24, 2.45) is 5.73 Å². The molecular weight excluding hydrogens is 354 g/mol. The molecule has 0 aliphatic heterocycles. The summed E-state index contributed by atoms with van der Waals surface area (Å²) in [6, 6.07) is 13.6. The minimum Gasteiger partial charge on any atom is -0.359 e. The van der Waals surface area contributed by atoms with Gasteiger partial charge in [0.05, 0.1) is 5.54 Å². The van der Waals surface area contributed by atoms with Gasteiger partial charge in [-0.05, 0) is 93.3 Å². The van der Waals surface area contributed by atoms with Gasteiger partial charge in [-0.3, -0.25) is 0 Å². The molecule has 2 aromatic carbocycles. The van der Waals surface area contributed by atoms with Crippen LogP contribution >= 0.6 is 0 Å². The number of allylic oxidation sites excluding steroid dienone is 1. The van der Waals surface area contributed by atoms with Crippen LogP contribution in [0.5, 0.6) is 0 Å². The highest BCUT2D eigenvalue weighted by Crippen LogP contribution is 2.53. The maximum absolute atomic E-state index is 6.35. The number of aromatic amines is 1. The van der Waals surface area contributed by atoms with Gasteiger partial charge in [0.25, 0.3) is 0 Å². The SMILES string of the molecule is C=C(Nc1ccc2[nH]c(C(C)(C)N)c(C)c2c1)C1(c2ccc3c(c2)CCC3)CC1. The van der Waals surface area contributed by atoms with Gasteiger partial charge in [0.2, 0.25) is 0 Å². The number of aryl methyl sites for hydroxylation is 3. The zero-order valence-electron chi connectivity index (χ0n) is 17.8. The molecule has 4 N–H and O–H groups in total. The topological polar surface area (TPSA) is 53.8 Å². The Morgan fingerprint density at radius 3 is 2.59 bits per heavy atom. The van der Waals surface area contributed by atoms with Gasteiger partial charge in [-0.1, -0.05) is 24.8 Å². The number of hydrogen-bond acceptors (Lipinski definition) is 2. The van der Waals surface area contributed by atoms with Crippen LogP contribution in [0.3, 0.4) is 0 Å². The molecule has 0 saturated heterocycles. The smallest absolute Gasteiger partial charge is 0.0507 e. The van der Waals surface area contributed by atoms with Gasteiger partial charge in [0.15, 0.2) is 0 Å². The second kappa shape index (κ2) is 6.24. The van der Waals surface area contributed by atoms with Crippen molar-refractivity contribution in [1.29, 1.82) is 0 Å². The van der Waals surface area contributed by atoms with Crippen molar-refractivity contribution in [1.82, 2.24) is 4.98 Å². The summed E-state index contributed by atoms with van der Waals surface area (Å²) in [5, 5.41) is 4.86. The fraction of sp³-hybridized carbons (Fsp3) is 0.385. The first-order valence-corrected chi connectivity index (χ1v) is 10.8. The summed E-state index contributed by atoms with van der Waals surface area (Å²) in [5.74, 6) is 0. The Morgan fingerprint density at radius 2 is 1.86 bits per heavy atom. The molecule has 5 rings (SSSR count). The Labute approximate surface area is 173 Å². The molecule has 29 heavy (non-hydrogen) atoms. The van der Waals surface area contributed by atoms with E-state index in [9.17, 15) is 0 Å². The van der Waals surface area contributed by atoms with E-state index in [2.05, 4.69) is 60.2 Å². The molecule has 3 nitrogen and oxygen atoms in total. The Bertz CT molecular complexity index is 1120. The van der Waals surface area contributed by atoms with Crippen molar-refractivity contribution in [3.05, 3.63) is 76.6 Å². The van der Waals surface area contributed by atoms with E-state index in [4.69, 9.17) is 5.73 Å². The van der Waals surface area contributed by atoms with Crippen LogP contribution in [0.1, 0.15) is 61.1 Å². The monoisotopic (exact) mass is 385 g/mol. The lowest BCUT2D eigenvalue weighted by molar-refractivity contribution is 0.536. The van der Waals surface area contributed by atoms with Crippen molar-refractivity contribution in [2.45, 2.75) is 63.8 Å². The summed E-state index contributed by atoms with van der Waals surface area (Å²) in [6.45, 7) is 10.7. The molecule has 1 aromatic heterocycles. The number of fused-ring (bicyclic) bond motifs is 2. The molecule has 1 heterocycles. The van der Waals surface area contributed by atoms with Crippen molar-refractivity contribution >= 4 is 16.6 Å². The molecule has 3 aromatic rings. The standard InChI is InChI=1S/C26H31N3/c1-16-22-15-21(10-11-23(22)29-24(16)25(3,4)27)28-17(2)26(12-13-26)20-9-8-18-6-5-7-19(18)14-20/h8-11,14-15,28-29H,2,5-7,12-13,27H2,1,3-4H3. The van der Waals surface area contributed by atoms with E-state index in [1.165, 1.54) is 54.2 Å². The maximum Gasteiger partial charge on any atom is 0.0507 e. The fourth-order valence-corrected chi connectivity index (χ4v) is 5.10. The molecule has 0 unspecified atom stereocenters. The number of anilines is 1. The third kappa shape index (κ3) is 3.00. The molecule has 0 amide bonds. The Morgan fingerprint density at radius 1 is 1.10 bits per heavy atom. The largest absolute Gasteiger partial charge is 0.359 e. The van der Waals surface area contributed by atoms with Gasteiger partial charge in [-0.2, -0.15) is 0 Å². The minimum atomic E-state index is -0.383. The molecule has 0 bridgehead atoms. The molecular formula is C26H31N3. The lowest BCUT2D eigenvalue weighted by atomic mass is 9.90. The average Bonchev–Trinajstić information content (AvgIpc) is 3.24. The van der Waals surface area contributed by atoms with Crippen molar-refractivity contribution in [3.8, 4) is 0 Å². The van der Waals surface area contributed by atoms with Gasteiger partial charge < -0.3 is 16.0 Å². The van der Waals surface area contributed by atoms with Crippen LogP contribution in [0.15, 0.2) is 48.7 Å². The zero-order valence-corrected chi connectivity index (χ0v) is 17.8. The van der Waals surface area contributed by atoms with Gasteiger partial charge >= 0.3 is 0 Å². The number of hydrogen-bond donors (Lipinski definition) is 3. The minimum absolute atomic E-state index is 0.0875. The summed E-state index contributed by atoms with van der Waals surface area (Å²) in [7, 11) is 0. The molecule has 0 radical (unpaired) electrons. The number of nitrogens with one attached hydrogen (secondary N) is 2. The van der Waals surface area contributed by atoms with E-state index in [-0.39, 0.29) is 11.0 Å². The van der Waals surface area contributed by atoms with Crippen molar-refractivity contribution < 1.29 is 0 Å². The quantitative estimate of drug-likeness (QED) is 0.518. The number of benzene rings is 2. The molecule has 2 aliphatic rings. The van der Waals surface area contributed by atoms with Crippen molar-refractivity contribution in [2.75, 3.05) is 5.32 Å². The van der Waals surface area contributed by atoms with Crippen molar-refractivity contribution in [3.63, 3.8) is 0 Å². The molecule has 1 saturated carbocycles. The number of H-pyrrole nitrogens is 1. The summed E-state index contributed by atoms with van der Waals surface area (Å²) >= 11 is 0. The molecule has 2 aliphatic carbocycles. The van der Waals surface area contributed by atoms with Crippen LogP contribution in [0.25, 0.3) is 10.9 Å². The first kappa shape index (κ1) is 18.5. The first-order valence-electron chi connectivity index (χ1n) is 10.8. The number of nitrogens with two attached hydrogens (primary N) is 1. The Balaban J connectivity index is 1.43. The van der Waals surface area contributed by atoms with E-state index in [0.29, 0.717) is 0 Å². The third-order valence-corrected chi connectivity index (χ3v) is 6.98. The van der Waals surface area contributed by atoms with Gasteiger partial charge in [-0.15, -0.1) is 0 Å². The van der Waals surface area contributed by atoms with Gasteiger partial charge in [0.1, 0.15) is 0 Å². The highest BCUT2D eigenvalue weighted by atomic mass is 14.9. The fourth-order valence-electron chi connectivity index (χ4n) is 5.10. The predicted molar refractivity (Wildman–Crippen MR) is 122 cm³/mol. The summed E-state index contributed by atoms with van der Waals surface area (Å²) in [4.78, 5) is 3.50. The lowest BCUT2D eigenvalue weighted by Crippen LogP contribution is -2.29. The van der Waals surface area contributed by atoms with Crippen LogP contribution in [-0.2, 0) is 23.8 Å². The number of aromatic nitrogens is 1. The second-order valence-corrected chi connectivity index (χ2v) is 9.63. The van der Waals surface area contributed by atoms with E-state index in [1.54, 1.807) is 5.56 Å². The summed E-state index contributed by atoms with van der Waals surface area (Å²) < 4.78 is 0. The van der Waals surface area contributed by atoms with E-state index in [0.717, 1.165) is 22.6 Å². The van der Waals surface area contributed by atoms with Crippen LogP contribution in [0, 0.1) is 6.92 Å². The van der Waals surface area contributed by atoms with Crippen LogP contribution in [-0.4, -0.2) is 4.98 Å². The molecule has 1 fully saturated rings. The third-order valence-electron chi connectivity index (χ3n) is 6.98. The predicted octanol–water partition coefficient (Wildman–Crippen LogP) is 5.82. The average molecular weight is 386 g/mol. The van der Waals surface area contributed by atoms with E-state index >= 15 is 0 Å². The first-order chi connectivity index (χ1) is 13.8. The normalized spacial score (nSPS) is 17.4. The maximum atomic E-state index is 6.35. The Kier molecular flexibility index (Phi) is 3.98. The highest BCUT2D eigenvalue weighted by molar-refractivity contribution is 5.88.